The minimum absolute atomic E-state index is 0.0252. The predicted molar refractivity (Wildman–Crippen MR) is 43.6 cm³/mol. The van der Waals surface area contributed by atoms with Crippen LogP contribution in [0.25, 0.3) is 11.0 Å². The molecule has 0 spiro atoms. The van der Waals surface area contributed by atoms with E-state index >= 15 is 0 Å². The number of aldehydes is 1. The van der Waals surface area contributed by atoms with E-state index in [1.807, 2.05) is 0 Å². The lowest BCUT2D eigenvalue weighted by molar-refractivity contribution is -0.108. The van der Waals surface area contributed by atoms with Gasteiger partial charge in [-0.2, -0.15) is 0 Å². The van der Waals surface area contributed by atoms with Crippen LogP contribution in [-0.4, -0.2) is 21.3 Å². The lowest BCUT2D eigenvalue weighted by atomic mass is 10.3. The average Bonchev–Trinajstić information content (AvgIpc) is 2.51. The Balaban J connectivity index is 2.70. The van der Waals surface area contributed by atoms with E-state index in [0.29, 0.717) is 11.8 Å². The number of hydrogen-bond donors (Lipinski definition) is 0. The molecule has 0 aliphatic heterocycles. The molecule has 0 radical (unpaired) electrons. The standard InChI is InChI=1S/C8H6FN3O/c9-6-2-1-3-7-8(6)12(4-5-13)11-10-7/h1-3,5H,4H2. The molecule has 1 heterocycles. The van der Waals surface area contributed by atoms with Gasteiger partial charge in [-0.3, -0.25) is 0 Å². The Hall–Kier alpha value is -1.78. The van der Waals surface area contributed by atoms with Gasteiger partial charge in [0.05, 0.1) is 6.54 Å². The molecule has 0 fully saturated rings. The largest absolute Gasteiger partial charge is 0.301 e. The van der Waals surface area contributed by atoms with Crippen LogP contribution in [0.15, 0.2) is 18.2 Å². The van der Waals surface area contributed by atoms with Crippen molar-refractivity contribution in [2.24, 2.45) is 0 Å². The fraction of sp³-hybridized carbons (Fsp3) is 0.125. The third-order valence-corrected chi connectivity index (χ3v) is 1.73. The number of carbonyl (C=O) groups is 1. The Morgan fingerprint density at radius 1 is 1.54 bits per heavy atom. The molecule has 2 aromatic rings. The average molecular weight is 179 g/mol. The van der Waals surface area contributed by atoms with E-state index in [1.54, 1.807) is 12.1 Å². The Morgan fingerprint density at radius 3 is 3.15 bits per heavy atom. The second-order valence-corrected chi connectivity index (χ2v) is 2.55. The highest BCUT2D eigenvalue weighted by molar-refractivity contribution is 5.75. The van der Waals surface area contributed by atoms with Crippen molar-refractivity contribution < 1.29 is 9.18 Å². The van der Waals surface area contributed by atoms with E-state index in [0.717, 1.165) is 0 Å². The van der Waals surface area contributed by atoms with Gasteiger partial charge in [0, 0.05) is 0 Å². The number of carbonyl (C=O) groups excluding carboxylic acids is 1. The molecule has 2 rings (SSSR count). The number of benzene rings is 1. The molecule has 0 saturated carbocycles. The van der Waals surface area contributed by atoms with E-state index in [2.05, 4.69) is 10.3 Å². The quantitative estimate of drug-likeness (QED) is 0.639. The molecule has 0 saturated heterocycles. The zero-order valence-electron chi connectivity index (χ0n) is 6.64. The summed E-state index contributed by atoms with van der Waals surface area (Å²) in [5.74, 6) is -0.413. The molecule has 4 nitrogen and oxygen atoms in total. The highest BCUT2D eigenvalue weighted by Crippen LogP contribution is 2.13. The number of halogens is 1. The van der Waals surface area contributed by atoms with Crippen molar-refractivity contribution >= 4 is 17.3 Å². The highest BCUT2D eigenvalue weighted by atomic mass is 19.1. The first-order valence-corrected chi connectivity index (χ1v) is 3.74. The van der Waals surface area contributed by atoms with Crippen molar-refractivity contribution in [3.8, 4) is 0 Å². The van der Waals surface area contributed by atoms with Crippen molar-refractivity contribution in [3.05, 3.63) is 24.0 Å². The summed E-state index contributed by atoms with van der Waals surface area (Å²) in [7, 11) is 0. The van der Waals surface area contributed by atoms with Gasteiger partial charge in [-0.1, -0.05) is 11.3 Å². The summed E-state index contributed by atoms with van der Waals surface area (Å²) >= 11 is 0. The lowest BCUT2D eigenvalue weighted by Crippen LogP contribution is -2.01. The minimum atomic E-state index is -0.413. The van der Waals surface area contributed by atoms with Crippen LogP contribution in [0.5, 0.6) is 0 Å². The Bertz CT molecular complexity index is 452. The second-order valence-electron chi connectivity index (χ2n) is 2.55. The summed E-state index contributed by atoms with van der Waals surface area (Å²) in [4.78, 5) is 10.2. The van der Waals surface area contributed by atoms with Gasteiger partial charge in [0.15, 0.2) is 5.82 Å². The van der Waals surface area contributed by atoms with Gasteiger partial charge in [0.1, 0.15) is 17.3 Å². The van der Waals surface area contributed by atoms with Crippen LogP contribution >= 0.6 is 0 Å². The van der Waals surface area contributed by atoms with Crippen LogP contribution in [0.4, 0.5) is 4.39 Å². The molecule has 0 aliphatic rings. The Labute approximate surface area is 73.0 Å². The third-order valence-electron chi connectivity index (χ3n) is 1.73. The Morgan fingerprint density at radius 2 is 2.38 bits per heavy atom. The van der Waals surface area contributed by atoms with Crippen molar-refractivity contribution in [1.29, 1.82) is 0 Å². The molecule has 5 heteroatoms. The molecule has 0 atom stereocenters. The van der Waals surface area contributed by atoms with E-state index in [1.165, 1.54) is 10.7 Å². The molecule has 0 N–H and O–H groups in total. The van der Waals surface area contributed by atoms with Crippen molar-refractivity contribution in [1.82, 2.24) is 15.0 Å². The number of rotatable bonds is 2. The fourth-order valence-corrected chi connectivity index (χ4v) is 1.19. The first-order valence-electron chi connectivity index (χ1n) is 3.74. The number of aromatic nitrogens is 3. The van der Waals surface area contributed by atoms with Crippen LogP contribution in [0, 0.1) is 5.82 Å². The maximum atomic E-state index is 13.2. The molecule has 1 aromatic heterocycles. The lowest BCUT2D eigenvalue weighted by Gasteiger charge is -1.95. The van der Waals surface area contributed by atoms with Gasteiger partial charge in [-0.05, 0) is 12.1 Å². The maximum absolute atomic E-state index is 13.2. The summed E-state index contributed by atoms with van der Waals surface area (Å²) < 4.78 is 14.4. The topological polar surface area (TPSA) is 47.8 Å². The predicted octanol–water partition coefficient (Wildman–Crippen LogP) is 0.769. The van der Waals surface area contributed by atoms with Crippen molar-refractivity contribution in [2.45, 2.75) is 6.54 Å². The van der Waals surface area contributed by atoms with E-state index in [9.17, 15) is 9.18 Å². The molecule has 66 valence electrons. The number of fused-ring (bicyclic) bond motifs is 1. The van der Waals surface area contributed by atoms with Crippen LogP contribution in [0.2, 0.25) is 0 Å². The molecule has 0 bridgehead atoms. The van der Waals surface area contributed by atoms with Crippen LogP contribution < -0.4 is 0 Å². The molecule has 0 amide bonds. The van der Waals surface area contributed by atoms with Crippen molar-refractivity contribution in [2.75, 3.05) is 0 Å². The summed E-state index contributed by atoms with van der Waals surface area (Å²) in [5.41, 5.74) is 0.733. The molecule has 13 heavy (non-hydrogen) atoms. The van der Waals surface area contributed by atoms with E-state index in [4.69, 9.17) is 0 Å². The molecular formula is C8H6FN3O. The first-order chi connectivity index (χ1) is 6.33. The molecule has 1 aromatic carbocycles. The van der Waals surface area contributed by atoms with Gasteiger partial charge in [-0.25, -0.2) is 9.07 Å². The maximum Gasteiger partial charge on any atom is 0.150 e. The second kappa shape index (κ2) is 2.93. The van der Waals surface area contributed by atoms with Gasteiger partial charge in [-0.15, -0.1) is 5.10 Å². The zero-order valence-corrected chi connectivity index (χ0v) is 6.64. The van der Waals surface area contributed by atoms with Crippen LogP contribution in [-0.2, 0) is 11.3 Å². The Kier molecular flexibility index (Phi) is 1.77. The van der Waals surface area contributed by atoms with Gasteiger partial charge >= 0.3 is 0 Å². The third kappa shape index (κ3) is 1.18. The van der Waals surface area contributed by atoms with Gasteiger partial charge < -0.3 is 4.79 Å². The van der Waals surface area contributed by atoms with E-state index < -0.39 is 5.82 Å². The van der Waals surface area contributed by atoms with Crippen molar-refractivity contribution in [3.63, 3.8) is 0 Å². The SMILES string of the molecule is O=CCn1nnc2cccc(F)c21. The zero-order chi connectivity index (χ0) is 9.26. The van der Waals surface area contributed by atoms with Crippen LogP contribution in [0.1, 0.15) is 0 Å². The van der Waals surface area contributed by atoms with Gasteiger partial charge in [0.2, 0.25) is 0 Å². The fourth-order valence-electron chi connectivity index (χ4n) is 1.19. The summed E-state index contributed by atoms with van der Waals surface area (Å²) in [6.45, 7) is 0.0252. The number of hydrogen-bond acceptors (Lipinski definition) is 3. The number of para-hydroxylation sites is 1. The monoisotopic (exact) mass is 179 g/mol. The first kappa shape index (κ1) is 7.85. The molecule has 0 aliphatic carbocycles. The summed E-state index contributed by atoms with van der Waals surface area (Å²) in [6.07, 6.45) is 0.653. The normalized spacial score (nSPS) is 10.5. The minimum Gasteiger partial charge on any atom is -0.301 e. The van der Waals surface area contributed by atoms with E-state index in [-0.39, 0.29) is 12.1 Å². The smallest absolute Gasteiger partial charge is 0.150 e. The highest BCUT2D eigenvalue weighted by Gasteiger charge is 2.07. The van der Waals surface area contributed by atoms with Crippen LogP contribution in [0.3, 0.4) is 0 Å². The molecular weight excluding hydrogens is 173 g/mol. The van der Waals surface area contributed by atoms with Gasteiger partial charge in [0.25, 0.3) is 0 Å². The summed E-state index contributed by atoms with van der Waals surface area (Å²) in [5, 5.41) is 7.35. The summed E-state index contributed by atoms with van der Waals surface area (Å²) in [6, 6.07) is 4.51. The number of nitrogens with zero attached hydrogens (tertiary/aromatic N) is 3. The molecule has 0 unspecified atom stereocenters.